The minimum absolute atomic E-state index is 0.140. The van der Waals surface area contributed by atoms with E-state index < -0.39 is 0 Å². The SMILES string of the molecule is C=CCC1(CO)CCCN(c2cc(N)nc(N3CCOCC3)n2)C1. The monoisotopic (exact) mass is 333 g/mol. The van der Waals surface area contributed by atoms with Crippen LogP contribution in [0, 0.1) is 5.41 Å². The predicted octanol–water partition coefficient (Wildman–Crippen LogP) is 1.05. The fourth-order valence-corrected chi connectivity index (χ4v) is 3.58. The number of ether oxygens (including phenoxy) is 1. The van der Waals surface area contributed by atoms with Gasteiger partial charge in [0.2, 0.25) is 5.95 Å². The summed E-state index contributed by atoms with van der Waals surface area (Å²) in [6, 6.07) is 1.82. The first-order valence-corrected chi connectivity index (χ1v) is 8.60. The molecule has 0 spiro atoms. The minimum Gasteiger partial charge on any atom is -0.396 e. The molecule has 1 atom stereocenters. The molecule has 0 amide bonds. The van der Waals surface area contributed by atoms with Crippen molar-refractivity contribution in [3.63, 3.8) is 0 Å². The fourth-order valence-electron chi connectivity index (χ4n) is 3.58. The number of aliphatic hydroxyl groups excluding tert-OH is 1. The van der Waals surface area contributed by atoms with E-state index in [-0.39, 0.29) is 12.0 Å². The zero-order chi connectivity index (χ0) is 17.0. The number of morpholine rings is 1. The van der Waals surface area contributed by atoms with Crippen LogP contribution < -0.4 is 15.5 Å². The number of nitrogens with zero attached hydrogens (tertiary/aromatic N) is 4. The molecule has 7 heteroatoms. The molecule has 0 saturated carbocycles. The van der Waals surface area contributed by atoms with Gasteiger partial charge in [-0.05, 0) is 19.3 Å². The van der Waals surface area contributed by atoms with Gasteiger partial charge in [0.1, 0.15) is 11.6 Å². The molecule has 1 aromatic heterocycles. The lowest BCUT2D eigenvalue weighted by molar-refractivity contribution is 0.108. The summed E-state index contributed by atoms with van der Waals surface area (Å²) >= 11 is 0. The summed E-state index contributed by atoms with van der Waals surface area (Å²) in [6.07, 6.45) is 4.72. The quantitative estimate of drug-likeness (QED) is 0.779. The van der Waals surface area contributed by atoms with E-state index in [4.69, 9.17) is 15.5 Å². The Morgan fingerprint density at radius 3 is 2.79 bits per heavy atom. The molecule has 2 saturated heterocycles. The van der Waals surface area contributed by atoms with Gasteiger partial charge in [-0.3, -0.25) is 0 Å². The molecule has 1 aromatic rings. The third kappa shape index (κ3) is 3.62. The van der Waals surface area contributed by atoms with Gasteiger partial charge >= 0.3 is 0 Å². The maximum absolute atomic E-state index is 9.90. The van der Waals surface area contributed by atoms with Crippen LogP contribution in [-0.2, 0) is 4.74 Å². The highest BCUT2D eigenvalue weighted by molar-refractivity contribution is 5.53. The molecular formula is C17H27N5O2. The summed E-state index contributed by atoms with van der Waals surface area (Å²) in [5, 5.41) is 9.90. The third-order valence-corrected chi connectivity index (χ3v) is 4.91. The molecule has 132 valence electrons. The van der Waals surface area contributed by atoms with Crippen molar-refractivity contribution in [1.82, 2.24) is 9.97 Å². The van der Waals surface area contributed by atoms with Crippen molar-refractivity contribution in [2.45, 2.75) is 19.3 Å². The van der Waals surface area contributed by atoms with Crippen LogP contribution in [0.15, 0.2) is 18.7 Å². The summed E-state index contributed by atoms with van der Waals surface area (Å²) in [6.45, 7) is 8.60. The minimum atomic E-state index is -0.140. The first-order valence-electron chi connectivity index (χ1n) is 8.60. The number of allylic oxidation sites excluding steroid dienone is 1. The lowest BCUT2D eigenvalue weighted by Gasteiger charge is -2.42. The summed E-state index contributed by atoms with van der Waals surface area (Å²) < 4.78 is 5.39. The molecule has 3 heterocycles. The number of nitrogens with two attached hydrogens (primary N) is 1. The molecule has 0 aliphatic carbocycles. The van der Waals surface area contributed by atoms with Crippen molar-refractivity contribution in [3.05, 3.63) is 18.7 Å². The van der Waals surface area contributed by atoms with E-state index in [0.717, 1.165) is 51.3 Å². The van der Waals surface area contributed by atoms with Gasteiger partial charge in [0.25, 0.3) is 0 Å². The Balaban J connectivity index is 1.82. The zero-order valence-corrected chi connectivity index (χ0v) is 14.2. The van der Waals surface area contributed by atoms with E-state index >= 15 is 0 Å². The molecule has 3 rings (SSSR count). The molecule has 3 N–H and O–H groups in total. The van der Waals surface area contributed by atoms with Crippen molar-refractivity contribution in [2.24, 2.45) is 5.41 Å². The molecule has 7 nitrogen and oxygen atoms in total. The van der Waals surface area contributed by atoms with Crippen molar-refractivity contribution < 1.29 is 9.84 Å². The number of hydrogen-bond donors (Lipinski definition) is 2. The van der Waals surface area contributed by atoms with Gasteiger partial charge < -0.3 is 25.4 Å². The van der Waals surface area contributed by atoms with Crippen molar-refractivity contribution in [1.29, 1.82) is 0 Å². The highest BCUT2D eigenvalue weighted by atomic mass is 16.5. The van der Waals surface area contributed by atoms with Crippen LogP contribution in [0.25, 0.3) is 0 Å². The Labute approximate surface area is 143 Å². The third-order valence-electron chi connectivity index (χ3n) is 4.91. The van der Waals surface area contributed by atoms with Gasteiger partial charge in [-0.1, -0.05) is 6.08 Å². The lowest BCUT2D eigenvalue weighted by atomic mass is 9.78. The van der Waals surface area contributed by atoms with E-state index in [1.54, 1.807) is 0 Å². The average molecular weight is 333 g/mol. The summed E-state index contributed by atoms with van der Waals surface area (Å²) in [7, 11) is 0. The number of hydrogen-bond acceptors (Lipinski definition) is 7. The molecule has 0 radical (unpaired) electrons. The number of aliphatic hydroxyl groups is 1. The lowest BCUT2D eigenvalue weighted by Crippen LogP contribution is -2.46. The molecule has 1 unspecified atom stereocenters. The number of piperidine rings is 1. The van der Waals surface area contributed by atoms with Gasteiger partial charge in [-0.25, -0.2) is 0 Å². The number of anilines is 3. The predicted molar refractivity (Wildman–Crippen MR) is 95.3 cm³/mol. The molecular weight excluding hydrogens is 306 g/mol. The van der Waals surface area contributed by atoms with Crippen LogP contribution in [0.2, 0.25) is 0 Å². The average Bonchev–Trinajstić information content (AvgIpc) is 2.62. The Bertz CT molecular complexity index is 576. The highest BCUT2D eigenvalue weighted by Gasteiger charge is 2.34. The van der Waals surface area contributed by atoms with Crippen LogP contribution in [0.1, 0.15) is 19.3 Å². The maximum Gasteiger partial charge on any atom is 0.229 e. The number of rotatable bonds is 5. The normalized spacial score (nSPS) is 24.9. The van der Waals surface area contributed by atoms with Gasteiger partial charge in [-0.2, -0.15) is 9.97 Å². The summed E-state index contributed by atoms with van der Waals surface area (Å²) in [5.74, 6) is 1.98. The van der Waals surface area contributed by atoms with Gasteiger partial charge in [0.15, 0.2) is 0 Å². The van der Waals surface area contributed by atoms with E-state index in [0.29, 0.717) is 25.0 Å². The molecule has 0 bridgehead atoms. The zero-order valence-electron chi connectivity index (χ0n) is 14.2. The van der Waals surface area contributed by atoms with E-state index in [2.05, 4.69) is 21.4 Å². The van der Waals surface area contributed by atoms with Crippen LogP contribution in [0.3, 0.4) is 0 Å². The van der Waals surface area contributed by atoms with Crippen LogP contribution >= 0.6 is 0 Å². The Hall–Kier alpha value is -1.86. The molecule has 24 heavy (non-hydrogen) atoms. The second kappa shape index (κ2) is 7.36. The van der Waals surface area contributed by atoms with E-state index in [1.165, 1.54) is 0 Å². The molecule has 2 fully saturated rings. The molecule has 0 aromatic carbocycles. The van der Waals surface area contributed by atoms with E-state index in [1.807, 2.05) is 12.1 Å². The summed E-state index contributed by atoms with van der Waals surface area (Å²) in [4.78, 5) is 13.4. The van der Waals surface area contributed by atoms with Crippen LogP contribution in [-0.4, -0.2) is 61.1 Å². The number of aromatic nitrogens is 2. The maximum atomic E-state index is 9.90. The Kier molecular flexibility index (Phi) is 5.20. The van der Waals surface area contributed by atoms with Crippen LogP contribution in [0.4, 0.5) is 17.6 Å². The first kappa shape index (κ1) is 17.0. The Morgan fingerprint density at radius 1 is 1.29 bits per heavy atom. The number of nitrogen functional groups attached to an aromatic ring is 1. The standard InChI is InChI=1S/C17H27N5O2/c1-2-4-17(13-23)5-3-6-22(12-17)15-11-14(18)19-16(20-15)21-7-9-24-10-8-21/h2,11,23H,1,3-10,12-13H2,(H2,18,19,20). The van der Waals surface area contributed by atoms with Crippen LogP contribution in [0.5, 0.6) is 0 Å². The van der Waals surface area contributed by atoms with Gasteiger partial charge in [-0.15, -0.1) is 6.58 Å². The summed E-state index contributed by atoms with van der Waals surface area (Å²) in [5.41, 5.74) is 5.89. The second-order valence-electron chi connectivity index (χ2n) is 6.73. The second-order valence-corrected chi connectivity index (χ2v) is 6.73. The van der Waals surface area contributed by atoms with Crippen molar-refractivity contribution in [3.8, 4) is 0 Å². The van der Waals surface area contributed by atoms with Gasteiger partial charge in [0, 0.05) is 37.7 Å². The molecule has 2 aliphatic rings. The highest BCUT2D eigenvalue weighted by Crippen LogP contribution is 2.35. The van der Waals surface area contributed by atoms with Crippen molar-refractivity contribution >= 4 is 17.6 Å². The first-order chi connectivity index (χ1) is 11.7. The van der Waals surface area contributed by atoms with E-state index in [9.17, 15) is 5.11 Å². The van der Waals surface area contributed by atoms with Crippen molar-refractivity contribution in [2.75, 3.05) is 61.5 Å². The topological polar surface area (TPSA) is 87.7 Å². The fraction of sp³-hybridized carbons (Fsp3) is 0.647. The Morgan fingerprint density at radius 2 is 2.08 bits per heavy atom. The van der Waals surface area contributed by atoms with Gasteiger partial charge in [0.05, 0.1) is 19.8 Å². The largest absolute Gasteiger partial charge is 0.396 e. The smallest absolute Gasteiger partial charge is 0.229 e. The molecule has 2 aliphatic heterocycles.